The molecule has 0 radical (unpaired) electrons. The smallest absolute Gasteiger partial charge is 0.0701 e. The van der Waals surface area contributed by atoms with Gasteiger partial charge in [-0.1, -0.05) is 84.9 Å². The lowest BCUT2D eigenvalue weighted by Gasteiger charge is -2.24. The molecule has 40 heavy (non-hydrogen) atoms. The van der Waals surface area contributed by atoms with Gasteiger partial charge in [0.2, 0.25) is 0 Å². The van der Waals surface area contributed by atoms with E-state index in [4.69, 9.17) is 18.9 Å². The summed E-state index contributed by atoms with van der Waals surface area (Å²) in [5, 5.41) is 5.17. The van der Waals surface area contributed by atoms with Crippen molar-refractivity contribution in [3.8, 4) is 0 Å². The van der Waals surface area contributed by atoms with E-state index in [1.54, 1.807) is 0 Å². The predicted molar refractivity (Wildman–Crippen MR) is 162 cm³/mol. The molecule has 0 unspecified atom stereocenters. The van der Waals surface area contributed by atoms with Gasteiger partial charge in [0.1, 0.15) is 0 Å². The Morgan fingerprint density at radius 2 is 0.750 bits per heavy atom. The van der Waals surface area contributed by atoms with Gasteiger partial charge in [-0.3, -0.25) is 9.80 Å². The van der Waals surface area contributed by atoms with E-state index in [1.165, 1.54) is 32.7 Å². The molecule has 212 valence electrons. The number of fused-ring (bicyclic) bond motifs is 2. The molecule has 1 fully saturated rings. The van der Waals surface area contributed by atoms with Crippen molar-refractivity contribution in [1.82, 2.24) is 9.80 Å². The highest BCUT2D eigenvalue weighted by molar-refractivity contribution is 5.86. The maximum atomic E-state index is 5.96. The maximum absolute atomic E-state index is 5.96. The molecule has 0 saturated carbocycles. The number of ether oxygens (including phenoxy) is 4. The van der Waals surface area contributed by atoms with Gasteiger partial charge in [0, 0.05) is 39.3 Å². The van der Waals surface area contributed by atoms with Crippen molar-refractivity contribution in [2.24, 2.45) is 0 Å². The monoisotopic (exact) mass is 542 g/mol. The zero-order valence-corrected chi connectivity index (χ0v) is 23.5. The zero-order chi connectivity index (χ0) is 27.2. The van der Waals surface area contributed by atoms with E-state index in [9.17, 15) is 0 Å². The molecule has 1 saturated heterocycles. The zero-order valence-electron chi connectivity index (χ0n) is 23.5. The molecular weight excluding hydrogens is 500 g/mol. The van der Waals surface area contributed by atoms with Crippen LogP contribution in [0, 0.1) is 0 Å². The second kappa shape index (κ2) is 15.8. The van der Waals surface area contributed by atoms with Crippen LogP contribution in [0.2, 0.25) is 0 Å². The van der Waals surface area contributed by atoms with Crippen LogP contribution in [0.4, 0.5) is 0 Å². The van der Waals surface area contributed by atoms with Gasteiger partial charge in [-0.15, -0.1) is 0 Å². The molecule has 1 aliphatic rings. The Bertz CT molecular complexity index is 1180. The largest absolute Gasteiger partial charge is 0.378 e. The van der Waals surface area contributed by atoms with E-state index in [-0.39, 0.29) is 0 Å². The number of nitrogens with zero attached hydrogens (tertiary/aromatic N) is 2. The normalized spacial score (nSPS) is 18.4. The van der Waals surface area contributed by atoms with Crippen LogP contribution in [0.1, 0.15) is 11.1 Å². The molecule has 0 spiro atoms. The minimum Gasteiger partial charge on any atom is -0.378 e. The summed E-state index contributed by atoms with van der Waals surface area (Å²) >= 11 is 0. The van der Waals surface area contributed by atoms with Crippen molar-refractivity contribution in [2.75, 3.05) is 79.0 Å². The third-order valence-electron chi connectivity index (χ3n) is 7.50. The van der Waals surface area contributed by atoms with Crippen molar-refractivity contribution in [2.45, 2.75) is 13.1 Å². The SMILES string of the molecule is c1ccc2c(CN3CCOCCOCCN(Cc4cccc5ccccc45)CCOCCOCC3)cccc2c1. The Kier molecular flexibility index (Phi) is 11.3. The van der Waals surface area contributed by atoms with Crippen LogP contribution in [-0.2, 0) is 32.0 Å². The molecule has 0 aliphatic carbocycles. The van der Waals surface area contributed by atoms with Crippen LogP contribution in [0.3, 0.4) is 0 Å². The van der Waals surface area contributed by atoms with E-state index >= 15 is 0 Å². The number of benzene rings is 4. The summed E-state index contributed by atoms with van der Waals surface area (Å²) in [4.78, 5) is 4.83. The topological polar surface area (TPSA) is 43.4 Å². The van der Waals surface area contributed by atoms with Crippen molar-refractivity contribution >= 4 is 21.5 Å². The highest BCUT2D eigenvalue weighted by Gasteiger charge is 2.11. The van der Waals surface area contributed by atoms with Crippen LogP contribution in [0.25, 0.3) is 21.5 Å². The maximum Gasteiger partial charge on any atom is 0.0701 e. The summed E-state index contributed by atoms with van der Waals surface area (Å²) in [6.07, 6.45) is 0. The predicted octanol–water partition coefficient (Wildman–Crippen LogP) is 5.38. The fourth-order valence-electron chi connectivity index (χ4n) is 5.30. The molecule has 5 rings (SSSR count). The van der Waals surface area contributed by atoms with Crippen LogP contribution >= 0.6 is 0 Å². The minimum absolute atomic E-state index is 0.602. The summed E-state index contributed by atoms with van der Waals surface area (Å²) in [5.41, 5.74) is 2.67. The second-order valence-corrected chi connectivity index (χ2v) is 10.3. The first-order chi connectivity index (χ1) is 19.9. The van der Waals surface area contributed by atoms with E-state index in [2.05, 4.69) is 94.7 Å². The lowest BCUT2D eigenvalue weighted by atomic mass is 10.0. The number of hydrogen-bond donors (Lipinski definition) is 0. The van der Waals surface area contributed by atoms with Gasteiger partial charge in [0.15, 0.2) is 0 Å². The molecule has 0 bridgehead atoms. The molecule has 0 atom stereocenters. The number of hydrogen-bond acceptors (Lipinski definition) is 6. The summed E-state index contributed by atoms with van der Waals surface area (Å²) in [5.74, 6) is 0. The molecule has 4 aromatic rings. The molecule has 6 nitrogen and oxygen atoms in total. The first-order valence-electron chi connectivity index (χ1n) is 14.6. The van der Waals surface area contributed by atoms with Gasteiger partial charge in [-0.25, -0.2) is 0 Å². The fraction of sp³-hybridized carbons (Fsp3) is 0.412. The van der Waals surface area contributed by atoms with Crippen LogP contribution in [-0.4, -0.2) is 88.8 Å². The Balaban J connectivity index is 1.13. The average molecular weight is 543 g/mol. The summed E-state index contributed by atoms with van der Waals surface area (Å²) in [6, 6.07) is 30.3. The van der Waals surface area contributed by atoms with Gasteiger partial charge >= 0.3 is 0 Å². The molecule has 4 aromatic carbocycles. The van der Waals surface area contributed by atoms with Crippen molar-refractivity contribution in [1.29, 1.82) is 0 Å². The number of rotatable bonds is 4. The fourth-order valence-corrected chi connectivity index (χ4v) is 5.30. The molecule has 1 heterocycles. The minimum atomic E-state index is 0.602. The molecule has 0 N–H and O–H groups in total. The first kappa shape index (κ1) is 28.7. The Morgan fingerprint density at radius 3 is 1.15 bits per heavy atom. The first-order valence-corrected chi connectivity index (χ1v) is 14.6. The molecular formula is C34H42N2O4. The summed E-state index contributed by atoms with van der Waals surface area (Å²) in [7, 11) is 0. The van der Waals surface area contributed by atoms with Gasteiger partial charge in [-0.2, -0.15) is 0 Å². The van der Waals surface area contributed by atoms with Crippen molar-refractivity contribution in [3.63, 3.8) is 0 Å². The van der Waals surface area contributed by atoms with Gasteiger partial charge in [0.05, 0.1) is 52.9 Å². The van der Waals surface area contributed by atoms with Crippen LogP contribution in [0.5, 0.6) is 0 Å². The van der Waals surface area contributed by atoms with Crippen molar-refractivity contribution in [3.05, 3.63) is 96.1 Å². The van der Waals surface area contributed by atoms with E-state index < -0.39 is 0 Å². The van der Waals surface area contributed by atoms with Gasteiger partial charge in [0.25, 0.3) is 0 Å². The highest BCUT2D eigenvalue weighted by atomic mass is 16.5. The van der Waals surface area contributed by atoms with E-state index in [0.29, 0.717) is 52.9 Å². The Labute approximate surface area is 238 Å². The Morgan fingerprint density at radius 1 is 0.400 bits per heavy atom. The molecule has 0 aromatic heterocycles. The van der Waals surface area contributed by atoms with Crippen LogP contribution in [0.15, 0.2) is 84.9 Å². The van der Waals surface area contributed by atoms with E-state index in [1.807, 2.05) is 0 Å². The molecule has 6 heteroatoms. The summed E-state index contributed by atoms with van der Waals surface area (Å²) < 4.78 is 23.9. The lowest BCUT2D eigenvalue weighted by molar-refractivity contribution is 0.00632. The third-order valence-corrected chi connectivity index (χ3v) is 7.50. The van der Waals surface area contributed by atoms with Gasteiger partial charge in [-0.05, 0) is 32.7 Å². The van der Waals surface area contributed by atoms with E-state index in [0.717, 1.165) is 39.3 Å². The lowest BCUT2D eigenvalue weighted by Crippen LogP contribution is -2.32. The standard InChI is InChI=1S/C34H42N2O4/c1-3-13-33-29(7-1)9-5-11-31(33)27-35-15-19-37-23-25-39-21-17-36(18-22-40-26-24-38-20-16-35)28-32-12-6-10-30-8-2-4-14-34(30)32/h1-14H,15-28H2. The molecule has 1 aliphatic heterocycles. The van der Waals surface area contributed by atoms with Gasteiger partial charge < -0.3 is 18.9 Å². The summed E-state index contributed by atoms with van der Waals surface area (Å²) in [6.45, 7) is 10.2. The quantitative estimate of drug-likeness (QED) is 0.345. The second-order valence-electron chi connectivity index (χ2n) is 10.3. The highest BCUT2D eigenvalue weighted by Crippen LogP contribution is 2.21. The third kappa shape index (κ3) is 8.58. The Hall–Kier alpha value is -2.84. The van der Waals surface area contributed by atoms with Crippen LogP contribution < -0.4 is 0 Å². The average Bonchev–Trinajstić information content (AvgIpc) is 2.99. The van der Waals surface area contributed by atoms with Crippen molar-refractivity contribution < 1.29 is 18.9 Å². The molecule has 0 amide bonds.